The van der Waals surface area contributed by atoms with Crippen LogP contribution in [0.1, 0.15) is 45.9 Å². The second kappa shape index (κ2) is 9.72. The maximum Gasteiger partial charge on any atom is 0.321 e. The Morgan fingerprint density at radius 1 is 1.18 bits per heavy atom. The Kier molecular flexibility index (Phi) is 6.58. The van der Waals surface area contributed by atoms with Crippen molar-refractivity contribution >= 4 is 24.2 Å². The Balaban J connectivity index is 1.53. The standard InChI is InChI=1S/C24H27N5O4/c1-33-19-9-8-18-13-29(23(31)20(18)12-19)14-21(27-24(32)26-15-30)16-4-6-17(7-5-16)22(25)28-10-2-3-11-28/h4-9,12,15,21,25H,2-3,10-11,13-14H2,1H3,(H2,26,27,30,32)/t21-/m0/s1. The maximum atomic E-state index is 13.0. The molecule has 0 saturated carbocycles. The van der Waals surface area contributed by atoms with Gasteiger partial charge in [-0.2, -0.15) is 0 Å². The van der Waals surface area contributed by atoms with Crippen molar-refractivity contribution in [1.29, 1.82) is 5.41 Å². The van der Waals surface area contributed by atoms with Crippen molar-refractivity contribution in [3.05, 3.63) is 64.7 Å². The lowest BCUT2D eigenvalue weighted by molar-refractivity contribution is -0.108. The number of amides is 4. The number of likely N-dealkylation sites (tertiary alicyclic amines) is 1. The number of carbonyl (C=O) groups is 3. The summed E-state index contributed by atoms with van der Waals surface area (Å²) < 4.78 is 5.23. The molecule has 2 aliphatic heterocycles. The highest BCUT2D eigenvalue weighted by Gasteiger charge is 2.30. The van der Waals surface area contributed by atoms with Gasteiger partial charge in [-0.1, -0.05) is 30.3 Å². The molecule has 0 bridgehead atoms. The van der Waals surface area contributed by atoms with Crippen LogP contribution in [-0.2, 0) is 11.3 Å². The van der Waals surface area contributed by atoms with Crippen LogP contribution in [0.5, 0.6) is 5.75 Å². The maximum absolute atomic E-state index is 13.0. The smallest absolute Gasteiger partial charge is 0.321 e. The van der Waals surface area contributed by atoms with E-state index in [1.54, 1.807) is 18.1 Å². The van der Waals surface area contributed by atoms with Crippen LogP contribution in [0.4, 0.5) is 4.79 Å². The van der Waals surface area contributed by atoms with Gasteiger partial charge >= 0.3 is 6.03 Å². The molecule has 0 unspecified atom stereocenters. The van der Waals surface area contributed by atoms with Crippen molar-refractivity contribution in [3.63, 3.8) is 0 Å². The molecule has 33 heavy (non-hydrogen) atoms. The Morgan fingerprint density at radius 2 is 1.91 bits per heavy atom. The largest absolute Gasteiger partial charge is 0.497 e. The predicted octanol–water partition coefficient (Wildman–Crippen LogP) is 2.27. The molecule has 0 radical (unpaired) electrons. The zero-order valence-corrected chi connectivity index (χ0v) is 18.5. The number of hydrogen-bond acceptors (Lipinski definition) is 5. The van der Waals surface area contributed by atoms with E-state index < -0.39 is 12.1 Å². The molecule has 3 N–H and O–H groups in total. The molecule has 0 spiro atoms. The van der Waals surface area contributed by atoms with Gasteiger partial charge in [0.1, 0.15) is 11.6 Å². The normalized spacial score (nSPS) is 15.7. The van der Waals surface area contributed by atoms with Crippen LogP contribution in [0.2, 0.25) is 0 Å². The number of carbonyl (C=O) groups excluding carboxylic acids is 3. The van der Waals surface area contributed by atoms with Gasteiger partial charge in [-0.25, -0.2) is 4.79 Å². The van der Waals surface area contributed by atoms with Crippen LogP contribution in [0.3, 0.4) is 0 Å². The number of imide groups is 1. The molecule has 2 heterocycles. The van der Waals surface area contributed by atoms with Gasteiger partial charge in [0.2, 0.25) is 6.41 Å². The minimum Gasteiger partial charge on any atom is -0.497 e. The topological polar surface area (TPSA) is 115 Å². The minimum atomic E-state index is -0.644. The molecule has 2 aliphatic rings. The summed E-state index contributed by atoms with van der Waals surface area (Å²) in [6.07, 6.45) is 2.50. The van der Waals surface area contributed by atoms with E-state index in [1.807, 2.05) is 36.4 Å². The molecule has 9 nitrogen and oxygen atoms in total. The number of benzene rings is 2. The Hall–Kier alpha value is -3.88. The van der Waals surface area contributed by atoms with Crippen molar-refractivity contribution in [2.45, 2.75) is 25.4 Å². The first-order valence-electron chi connectivity index (χ1n) is 10.9. The summed E-state index contributed by atoms with van der Waals surface area (Å²) in [5.41, 5.74) is 3.05. The number of fused-ring (bicyclic) bond motifs is 1. The highest BCUT2D eigenvalue weighted by molar-refractivity contribution is 5.99. The van der Waals surface area contributed by atoms with Gasteiger partial charge in [0.05, 0.1) is 13.2 Å². The molecule has 0 aromatic heterocycles. The van der Waals surface area contributed by atoms with Gasteiger partial charge < -0.3 is 19.9 Å². The fourth-order valence-electron chi connectivity index (χ4n) is 4.32. The lowest BCUT2D eigenvalue weighted by Crippen LogP contribution is -2.42. The number of urea groups is 1. The summed E-state index contributed by atoms with van der Waals surface area (Å²) in [4.78, 5) is 39.5. The van der Waals surface area contributed by atoms with E-state index in [0.29, 0.717) is 30.1 Å². The zero-order valence-electron chi connectivity index (χ0n) is 18.5. The minimum absolute atomic E-state index is 0.140. The molecule has 1 saturated heterocycles. The molecule has 4 amide bonds. The van der Waals surface area contributed by atoms with Gasteiger partial charge in [0.15, 0.2) is 0 Å². The third kappa shape index (κ3) is 4.82. The first-order chi connectivity index (χ1) is 16.0. The number of methoxy groups -OCH3 is 1. The SMILES string of the molecule is COc1ccc2c(c1)C(=O)N(C[C@H](NC(=O)NC=O)c1ccc(C(=N)N3CCCC3)cc1)C2. The van der Waals surface area contributed by atoms with E-state index >= 15 is 0 Å². The van der Waals surface area contributed by atoms with Crippen molar-refractivity contribution < 1.29 is 19.1 Å². The summed E-state index contributed by atoms with van der Waals surface area (Å²) in [5.74, 6) is 0.959. The molecule has 9 heteroatoms. The lowest BCUT2D eigenvalue weighted by atomic mass is 10.0. The van der Waals surface area contributed by atoms with Crippen LogP contribution in [0.25, 0.3) is 0 Å². The van der Waals surface area contributed by atoms with E-state index in [9.17, 15) is 14.4 Å². The molecule has 2 aromatic rings. The van der Waals surface area contributed by atoms with E-state index in [4.69, 9.17) is 10.1 Å². The van der Waals surface area contributed by atoms with Gasteiger partial charge in [-0.05, 0) is 36.1 Å². The summed E-state index contributed by atoms with van der Waals surface area (Å²) in [7, 11) is 1.55. The van der Waals surface area contributed by atoms with E-state index in [-0.39, 0.29) is 12.5 Å². The Morgan fingerprint density at radius 3 is 2.58 bits per heavy atom. The van der Waals surface area contributed by atoms with Gasteiger partial charge in [0, 0.05) is 37.3 Å². The molecular formula is C24H27N5O4. The fraction of sp³-hybridized carbons (Fsp3) is 0.333. The van der Waals surface area contributed by atoms with Gasteiger partial charge in [-0.3, -0.25) is 20.3 Å². The van der Waals surface area contributed by atoms with Gasteiger partial charge in [-0.15, -0.1) is 0 Å². The molecule has 1 atom stereocenters. The first kappa shape index (κ1) is 22.3. The van der Waals surface area contributed by atoms with Crippen LogP contribution in [0.15, 0.2) is 42.5 Å². The number of hydrogen-bond donors (Lipinski definition) is 3. The lowest BCUT2D eigenvalue weighted by Gasteiger charge is -2.25. The van der Waals surface area contributed by atoms with Crippen molar-refractivity contribution in [2.24, 2.45) is 0 Å². The zero-order chi connectivity index (χ0) is 23.4. The average Bonchev–Trinajstić information content (AvgIpc) is 3.47. The number of ether oxygens (including phenoxy) is 1. The van der Waals surface area contributed by atoms with Crippen LogP contribution in [0, 0.1) is 5.41 Å². The number of nitrogens with one attached hydrogen (secondary N) is 3. The number of amidine groups is 1. The highest BCUT2D eigenvalue weighted by Crippen LogP contribution is 2.28. The van der Waals surface area contributed by atoms with Crippen LogP contribution in [-0.4, -0.2) is 60.7 Å². The predicted molar refractivity (Wildman–Crippen MR) is 122 cm³/mol. The second-order valence-corrected chi connectivity index (χ2v) is 8.16. The number of nitrogens with zero attached hydrogens (tertiary/aromatic N) is 2. The monoisotopic (exact) mass is 449 g/mol. The van der Waals surface area contributed by atoms with Crippen molar-refractivity contribution in [3.8, 4) is 5.75 Å². The molecule has 4 rings (SSSR count). The van der Waals surface area contributed by atoms with E-state index in [0.717, 1.165) is 42.6 Å². The summed E-state index contributed by atoms with van der Waals surface area (Å²) >= 11 is 0. The molecule has 2 aromatic carbocycles. The Labute approximate surface area is 192 Å². The van der Waals surface area contributed by atoms with Gasteiger partial charge in [0.25, 0.3) is 5.91 Å². The molecule has 0 aliphatic carbocycles. The van der Waals surface area contributed by atoms with Crippen LogP contribution < -0.4 is 15.4 Å². The molecular weight excluding hydrogens is 422 g/mol. The third-order valence-electron chi connectivity index (χ3n) is 6.10. The van der Waals surface area contributed by atoms with Crippen molar-refractivity contribution in [1.82, 2.24) is 20.4 Å². The Bertz CT molecular complexity index is 1060. The summed E-state index contributed by atoms with van der Waals surface area (Å²) in [6, 6.07) is 11.6. The number of rotatable bonds is 7. The average molecular weight is 450 g/mol. The summed E-state index contributed by atoms with van der Waals surface area (Å²) in [5, 5.41) is 13.3. The second-order valence-electron chi connectivity index (χ2n) is 8.16. The summed E-state index contributed by atoms with van der Waals surface area (Å²) in [6.45, 7) is 2.42. The first-order valence-corrected chi connectivity index (χ1v) is 10.9. The van der Waals surface area contributed by atoms with Crippen molar-refractivity contribution in [2.75, 3.05) is 26.7 Å². The highest BCUT2D eigenvalue weighted by atomic mass is 16.5. The molecule has 1 fully saturated rings. The van der Waals surface area contributed by atoms with Crippen LogP contribution >= 0.6 is 0 Å². The molecule has 172 valence electrons. The fourth-order valence-corrected chi connectivity index (χ4v) is 4.32. The van der Waals surface area contributed by atoms with E-state index in [2.05, 4.69) is 15.5 Å². The van der Waals surface area contributed by atoms with E-state index in [1.165, 1.54) is 0 Å². The third-order valence-corrected chi connectivity index (χ3v) is 6.10. The quantitative estimate of drug-likeness (QED) is 0.341.